The molecule has 1 saturated heterocycles. The topological polar surface area (TPSA) is 21.7 Å². The van der Waals surface area contributed by atoms with E-state index in [1.165, 1.54) is 16.7 Å². The van der Waals surface area contributed by atoms with E-state index in [2.05, 4.69) is 38.6 Å². The first-order valence-corrected chi connectivity index (χ1v) is 11.4. The number of rotatable bonds is 9. The van der Waals surface area contributed by atoms with Gasteiger partial charge in [0.2, 0.25) is 0 Å². The van der Waals surface area contributed by atoms with Gasteiger partial charge in [-0.2, -0.15) is 22.7 Å². The van der Waals surface area contributed by atoms with Crippen LogP contribution in [-0.2, 0) is 9.47 Å². The third-order valence-electron chi connectivity index (χ3n) is 4.82. The van der Waals surface area contributed by atoms with Crippen LogP contribution in [0.2, 0.25) is 0 Å². The number of hydrogen-bond donors (Lipinski definition) is 0. The van der Waals surface area contributed by atoms with Crippen molar-refractivity contribution < 1.29 is 9.47 Å². The lowest BCUT2D eigenvalue weighted by Gasteiger charge is -2.31. The Morgan fingerprint density at radius 1 is 1.00 bits per heavy atom. The molecule has 0 atom stereocenters. The number of ether oxygens (including phenoxy) is 2. The van der Waals surface area contributed by atoms with E-state index in [1.54, 1.807) is 28.2 Å². The Labute approximate surface area is 165 Å². The average molecular weight is 392 g/mol. The molecule has 0 amide bonds. The predicted octanol–water partition coefficient (Wildman–Crippen LogP) is 5.50. The van der Waals surface area contributed by atoms with Crippen LogP contribution >= 0.6 is 22.7 Å². The van der Waals surface area contributed by atoms with Gasteiger partial charge < -0.3 is 14.4 Å². The molecule has 0 aliphatic carbocycles. The Balaban J connectivity index is 1.62. The van der Waals surface area contributed by atoms with Crippen LogP contribution in [0.25, 0.3) is 5.57 Å². The van der Waals surface area contributed by atoms with Crippen molar-refractivity contribution in [1.82, 2.24) is 4.90 Å². The highest BCUT2D eigenvalue weighted by atomic mass is 32.1. The van der Waals surface area contributed by atoms with Crippen molar-refractivity contribution in [2.24, 2.45) is 0 Å². The normalized spacial score (nSPS) is 15.7. The third-order valence-corrected chi connectivity index (χ3v) is 6.19. The van der Waals surface area contributed by atoms with Crippen molar-refractivity contribution in [3.63, 3.8) is 0 Å². The Morgan fingerprint density at radius 3 is 2.04 bits per heavy atom. The van der Waals surface area contributed by atoms with Crippen LogP contribution in [0, 0.1) is 0 Å². The first-order valence-electron chi connectivity index (χ1n) is 9.54. The van der Waals surface area contributed by atoms with Gasteiger partial charge in [-0.3, -0.25) is 0 Å². The van der Waals surface area contributed by atoms with Crippen molar-refractivity contribution in [2.75, 3.05) is 32.8 Å². The molecule has 2 aromatic rings. The quantitative estimate of drug-likeness (QED) is 0.527. The highest BCUT2D eigenvalue weighted by Crippen LogP contribution is 2.34. The van der Waals surface area contributed by atoms with Crippen LogP contribution in [0.1, 0.15) is 44.2 Å². The number of piperidine rings is 1. The summed E-state index contributed by atoms with van der Waals surface area (Å²) in [7, 11) is 0. The van der Waals surface area contributed by atoms with Crippen LogP contribution in [0.3, 0.4) is 0 Å². The fourth-order valence-corrected chi connectivity index (χ4v) is 4.85. The van der Waals surface area contributed by atoms with E-state index in [0.717, 1.165) is 38.9 Å². The van der Waals surface area contributed by atoms with E-state index in [4.69, 9.17) is 9.47 Å². The van der Waals surface area contributed by atoms with E-state index < -0.39 is 0 Å². The summed E-state index contributed by atoms with van der Waals surface area (Å²) in [6, 6.07) is 4.51. The lowest BCUT2D eigenvalue weighted by molar-refractivity contribution is -0.141. The first kappa shape index (κ1) is 19.8. The second kappa shape index (κ2) is 10.4. The maximum Gasteiger partial charge on any atom is 0.158 e. The Morgan fingerprint density at radius 2 is 1.58 bits per heavy atom. The zero-order chi connectivity index (χ0) is 18.2. The number of hydrogen-bond acceptors (Lipinski definition) is 5. The SMILES string of the molecule is CCOC(CCN1CCC(=C(c2ccsc2)c2ccsc2)CC1)OCC. The molecule has 142 valence electrons. The lowest BCUT2D eigenvalue weighted by atomic mass is 9.91. The van der Waals surface area contributed by atoms with E-state index in [-0.39, 0.29) is 6.29 Å². The van der Waals surface area contributed by atoms with Crippen molar-refractivity contribution in [2.45, 2.75) is 39.4 Å². The van der Waals surface area contributed by atoms with Crippen LogP contribution in [-0.4, -0.2) is 44.0 Å². The predicted molar refractivity (Wildman–Crippen MR) is 112 cm³/mol. The summed E-state index contributed by atoms with van der Waals surface area (Å²) < 4.78 is 11.3. The molecule has 2 aromatic heterocycles. The van der Waals surface area contributed by atoms with Gasteiger partial charge in [0, 0.05) is 39.3 Å². The first-order chi connectivity index (χ1) is 12.8. The van der Waals surface area contributed by atoms with Gasteiger partial charge >= 0.3 is 0 Å². The molecule has 0 N–H and O–H groups in total. The molecule has 0 saturated carbocycles. The summed E-state index contributed by atoms with van der Waals surface area (Å²) in [5, 5.41) is 8.92. The van der Waals surface area contributed by atoms with Gasteiger partial charge in [-0.1, -0.05) is 5.57 Å². The maximum absolute atomic E-state index is 5.67. The van der Waals surface area contributed by atoms with Crippen molar-refractivity contribution in [1.29, 1.82) is 0 Å². The summed E-state index contributed by atoms with van der Waals surface area (Å²) in [5.41, 5.74) is 5.83. The van der Waals surface area contributed by atoms with Gasteiger partial charge in [-0.25, -0.2) is 0 Å². The summed E-state index contributed by atoms with van der Waals surface area (Å²) >= 11 is 3.56. The molecule has 5 heteroatoms. The number of thiophene rings is 2. The van der Waals surface area contributed by atoms with Gasteiger partial charge in [-0.05, 0) is 77.0 Å². The minimum absolute atomic E-state index is 0.0610. The molecular formula is C21H29NO2S2. The largest absolute Gasteiger partial charge is 0.353 e. The monoisotopic (exact) mass is 391 g/mol. The third kappa shape index (κ3) is 5.27. The molecule has 0 bridgehead atoms. The molecule has 3 nitrogen and oxygen atoms in total. The molecular weight excluding hydrogens is 362 g/mol. The van der Waals surface area contributed by atoms with Crippen molar-refractivity contribution in [3.8, 4) is 0 Å². The Bertz CT molecular complexity index is 612. The molecule has 0 aromatic carbocycles. The van der Waals surface area contributed by atoms with E-state index >= 15 is 0 Å². The summed E-state index contributed by atoms with van der Waals surface area (Å²) in [6.45, 7) is 8.77. The Kier molecular flexibility index (Phi) is 7.89. The smallest absolute Gasteiger partial charge is 0.158 e. The van der Waals surface area contributed by atoms with Gasteiger partial charge in [0.05, 0.1) is 0 Å². The van der Waals surface area contributed by atoms with E-state index in [0.29, 0.717) is 13.2 Å². The molecule has 3 heterocycles. The average Bonchev–Trinajstić information content (AvgIpc) is 3.36. The lowest BCUT2D eigenvalue weighted by Crippen LogP contribution is -2.34. The molecule has 3 rings (SSSR count). The number of likely N-dealkylation sites (tertiary alicyclic amines) is 1. The maximum atomic E-state index is 5.67. The molecule has 0 spiro atoms. The van der Waals surface area contributed by atoms with Crippen LogP contribution < -0.4 is 0 Å². The molecule has 0 unspecified atom stereocenters. The van der Waals surface area contributed by atoms with E-state index in [9.17, 15) is 0 Å². The summed E-state index contributed by atoms with van der Waals surface area (Å²) in [6.07, 6.45) is 3.18. The van der Waals surface area contributed by atoms with Gasteiger partial charge in [-0.15, -0.1) is 0 Å². The van der Waals surface area contributed by atoms with Gasteiger partial charge in [0.15, 0.2) is 6.29 Å². The van der Waals surface area contributed by atoms with Crippen LogP contribution in [0.5, 0.6) is 0 Å². The summed E-state index contributed by atoms with van der Waals surface area (Å²) in [4.78, 5) is 2.55. The van der Waals surface area contributed by atoms with Gasteiger partial charge in [0.25, 0.3) is 0 Å². The minimum atomic E-state index is -0.0610. The second-order valence-electron chi connectivity index (χ2n) is 6.47. The molecule has 1 aliphatic rings. The fraction of sp³-hybridized carbons (Fsp3) is 0.524. The zero-order valence-electron chi connectivity index (χ0n) is 15.8. The summed E-state index contributed by atoms with van der Waals surface area (Å²) in [5.74, 6) is 0. The van der Waals surface area contributed by atoms with Gasteiger partial charge in [0.1, 0.15) is 0 Å². The molecule has 1 aliphatic heterocycles. The van der Waals surface area contributed by atoms with Crippen LogP contribution in [0.15, 0.2) is 39.2 Å². The van der Waals surface area contributed by atoms with Crippen molar-refractivity contribution in [3.05, 3.63) is 50.4 Å². The van der Waals surface area contributed by atoms with Crippen molar-refractivity contribution >= 4 is 28.2 Å². The highest BCUT2D eigenvalue weighted by Gasteiger charge is 2.20. The van der Waals surface area contributed by atoms with Crippen LogP contribution in [0.4, 0.5) is 0 Å². The Hall–Kier alpha value is -0.980. The molecule has 0 radical (unpaired) electrons. The minimum Gasteiger partial charge on any atom is -0.353 e. The molecule has 26 heavy (non-hydrogen) atoms. The fourth-order valence-electron chi connectivity index (χ4n) is 3.56. The zero-order valence-corrected chi connectivity index (χ0v) is 17.4. The highest BCUT2D eigenvalue weighted by molar-refractivity contribution is 7.08. The number of nitrogens with zero attached hydrogens (tertiary/aromatic N) is 1. The second-order valence-corrected chi connectivity index (χ2v) is 8.03. The molecule has 1 fully saturated rings. The van der Waals surface area contributed by atoms with E-state index in [1.807, 2.05) is 13.8 Å². The standard InChI is InChI=1S/C21H29NO2S2/c1-3-23-20(24-4-2)7-12-22-10-5-17(6-11-22)21(18-8-13-25-15-18)19-9-14-26-16-19/h8-9,13-16,20H,3-7,10-12H2,1-2H3.